The van der Waals surface area contributed by atoms with Gasteiger partial charge in [-0.25, -0.2) is 0 Å². The minimum atomic E-state index is -3.15. The van der Waals surface area contributed by atoms with E-state index in [0.717, 1.165) is 0 Å². The van der Waals surface area contributed by atoms with Crippen LogP contribution >= 0.6 is 10.0 Å². The number of hydrogen-bond donors (Lipinski definition) is 0. The maximum atomic E-state index is 5.61. The second-order valence-corrected chi connectivity index (χ2v) is 8.09. The van der Waals surface area contributed by atoms with Crippen LogP contribution in [0, 0.1) is 0 Å². The van der Waals surface area contributed by atoms with Crippen LogP contribution in [0.3, 0.4) is 0 Å². The molecule has 5 heteroatoms. The van der Waals surface area contributed by atoms with Crippen LogP contribution in [0.4, 0.5) is 0 Å². The van der Waals surface area contributed by atoms with Crippen LogP contribution in [0.2, 0.25) is 0 Å². The fourth-order valence-electron chi connectivity index (χ4n) is 0.250. The van der Waals surface area contributed by atoms with Crippen LogP contribution in [-0.2, 0) is 11.3 Å². The van der Waals surface area contributed by atoms with E-state index < -0.39 is 13.3 Å². The van der Waals surface area contributed by atoms with Crippen LogP contribution in [0.15, 0.2) is 0 Å². The van der Waals surface area contributed by atoms with Crippen molar-refractivity contribution in [1.29, 1.82) is 0 Å². The van der Waals surface area contributed by atoms with Gasteiger partial charge in [0.25, 0.3) is 0 Å². The van der Waals surface area contributed by atoms with Crippen molar-refractivity contribution in [3.63, 3.8) is 0 Å². The molecule has 0 saturated carbocycles. The molecule has 0 radical (unpaired) electrons. The summed E-state index contributed by atoms with van der Waals surface area (Å²) in [6, 6.07) is 0. The second kappa shape index (κ2) is 3.68. The summed E-state index contributed by atoms with van der Waals surface area (Å²) in [6.45, 7) is 0. The number of hydrogen-bond acceptors (Lipinski definition) is 3. The molecule has 0 rings (SSSR count). The third-order valence-corrected chi connectivity index (χ3v) is 6.21. The van der Waals surface area contributed by atoms with Gasteiger partial charge in [-0.05, 0) is 0 Å². The zero-order chi connectivity index (χ0) is 6.62. The van der Waals surface area contributed by atoms with Gasteiger partial charge in [-0.15, -0.1) is 0 Å². The van der Waals surface area contributed by atoms with Crippen molar-refractivity contribution in [3.8, 4) is 0 Å². The molecule has 0 aliphatic carbocycles. The Labute approximate surface area is 56.4 Å². The molecule has 0 unspecified atom stereocenters. The van der Waals surface area contributed by atoms with Crippen molar-refractivity contribution in [3.05, 3.63) is 0 Å². The van der Waals surface area contributed by atoms with Crippen LogP contribution in [0.1, 0.15) is 0 Å². The van der Waals surface area contributed by atoms with Gasteiger partial charge in [-0.2, -0.15) is 0 Å². The molecular formula is C3H9ClGeO3. The molecule has 0 bridgehead atoms. The quantitative estimate of drug-likeness (QED) is 0.626. The Morgan fingerprint density at radius 3 is 1.25 bits per heavy atom. The first-order valence-electron chi connectivity index (χ1n) is 2.03. The molecule has 0 atom stereocenters. The van der Waals surface area contributed by atoms with Gasteiger partial charge in [-0.3, -0.25) is 0 Å². The van der Waals surface area contributed by atoms with Crippen molar-refractivity contribution in [2.45, 2.75) is 0 Å². The molecule has 0 aromatic rings. The van der Waals surface area contributed by atoms with E-state index >= 15 is 0 Å². The van der Waals surface area contributed by atoms with Gasteiger partial charge in [0, 0.05) is 0 Å². The molecule has 0 aromatic carbocycles. The van der Waals surface area contributed by atoms with E-state index in [-0.39, 0.29) is 0 Å². The normalized spacial score (nSPS) is 12.0. The average molecular weight is 201 g/mol. The molecule has 0 aliphatic heterocycles. The zero-order valence-corrected chi connectivity index (χ0v) is 7.96. The SMILES string of the molecule is C[O][Ge]([Cl])([O]C)[O]C. The van der Waals surface area contributed by atoms with Crippen molar-refractivity contribution in [2.24, 2.45) is 0 Å². The number of halogens is 1. The van der Waals surface area contributed by atoms with E-state index in [0.29, 0.717) is 0 Å². The van der Waals surface area contributed by atoms with E-state index in [2.05, 4.69) is 0 Å². The van der Waals surface area contributed by atoms with Gasteiger partial charge in [0.2, 0.25) is 0 Å². The summed E-state index contributed by atoms with van der Waals surface area (Å²) in [5.74, 6) is 0. The fourth-order valence-corrected chi connectivity index (χ4v) is 1.30. The summed E-state index contributed by atoms with van der Waals surface area (Å²) < 4.78 is 14.2. The summed E-state index contributed by atoms with van der Waals surface area (Å²) >= 11 is -3.15. The van der Waals surface area contributed by atoms with Gasteiger partial charge in [-0.1, -0.05) is 0 Å². The number of rotatable bonds is 3. The maximum absolute atomic E-state index is 5.61. The third kappa shape index (κ3) is 2.32. The first kappa shape index (κ1) is 8.71. The van der Waals surface area contributed by atoms with Gasteiger partial charge < -0.3 is 0 Å². The average Bonchev–Trinajstić information content (AvgIpc) is 1.87. The van der Waals surface area contributed by atoms with Gasteiger partial charge in [0.05, 0.1) is 0 Å². The zero-order valence-electron chi connectivity index (χ0n) is 5.10. The fraction of sp³-hybridized carbons (Fsp3) is 1.00. The monoisotopic (exact) mass is 202 g/mol. The Hall–Kier alpha value is 0.713. The summed E-state index contributed by atoms with van der Waals surface area (Å²) in [5, 5.41) is 0. The second-order valence-electron chi connectivity index (χ2n) is 1.09. The predicted octanol–water partition coefficient (Wildman–Crippen LogP) is 0.600. The minimum absolute atomic E-state index is 1.47. The van der Waals surface area contributed by atoms with E-state index in [4.69, 9.17) is 21.3 Å². The Morgan fingerprint density at radius 2 is 1.25 bits per heavy atom. The Balaban J connectivity index is 3.58. The van der Waals surface area contributed by atoms with Gasteiger partial charge in [0.15, 0.2) is 0 Å². The third-order valence-electron chi connectivity index (χ3n) is 0.731. The van der Waals surface area contributed by atoms with E-state index in [1.165, 1.54) is 21.3 Å². The molecule has 0 spiro atoms. The van der Waals surface area contributed by atoms with E-state index in [1.54, 1.807) is 0 Å². The first-order chi connectivity index (χ1) is 3.68. The first-order valence-corrected chi connectivity index (χ1v) is 7.35. The Bertz CT molecular complexity index is 57.3. The molecular weight excluding hydrogens is 192 g/mol. The van der Waals surface area contributed by atoms with Gasteiger partial charge >= 0.3 is 56.0 Å². The van der Waals surface area contributed by atoms with Gasteiger partial charge in [0.1, 0.15) is 0 Å². The molecule has 0 aliphatic rings. The molecule has 0 saturated heterocycles. The van der Waals surface area contributed by atoms with Crippen molar-refractivity contribution in [2.75, 3.05) is 21.3 Å². The molecule has 0 aromatic heterocycles. The van der Waals surface area contributed by atoms with Crippen LogP contribution in [0.25, 0.3) is 0 Å². The van der Waals surface area contributed by atoms with Crippen molar-refractivity contribution in [1.82, 2.24) is 0 Å². The summed E-state index contributed by atoms with van der Waals surface area (Å²) in [5.41, 5.74) is 0. The molecule has 50 valence electrons. The summed E-state index contributed by atoms with van der Waals surface area (Å²) in [7, 11) is 10.0. The molecule has 0 amide bonds. The van der Waals surface area contributed by atoms with Crippen LogP contribution in [-0.4, -0.2) is 34.7 Å². The van der Waals surface area contributed by atoms with Crippen LogP contribution < -0.4 is 0 Å². The molecule has 0 N–H and O–H groups in total. The topological polar surface area (TPSA) is 27.7 Å². The summed E-state index contributed by atoms with van der Waals surface area (Å²) in [4.78, 5) is 0. The van der Waals surface area contributed by atoms with Crippen LogP contribution in [0.5, 0.6) is 0 Å². The van der Waals surface area contributed by atoms with E-state index in [9.17, 15) is 0 Å². The summed E-state index contributed by atoms with van der Waals surface area (Å²) in [6.07, 6.45) is 0. The Kier molecular flexibility index (Phi) is 4.01. The standard InChI is InChI=1S/C3H9ClGeO3/c1-6-5(4,7-2)8-3/h1-3H3. The molecule has 0 heterocycles. The van der Waals surface area contributed by atoms with E-state index in [1.807, 2.05) is 0 Å². The Morgan fingerprint density at radius 1 is 1.00 bits per heavy atom. The van der Waals surface area contributed by atoms with Crippen molar-refractivity contribution >= 4 is 23.4 Å². The predicted molar refractivity (Wildman–Crippen MR) is 32.6 cm³/mol. The molecule has 8 heavy (non-hydrogen) atoms. The molecule has 3 nitrogen and oxygen atoms in total. The van der Waals surface area contributed by atoms with Crippen molar-refractivity contribution < 1.29 is 11.3 Å². The molecule has 0 fully saturated rings.